The Morgan fingerprint density at radius 2 is 1.94 bits per heavy atom. The van der Waals surface area contributed by atoms with Crippen molar-refractivity contribution in [3.05, 3.63) is 0 Å². The maximum Gasteiger partial charge on any atom is 0.255 e. The highest BCUT2D eigenvalue weighted by Crippen LogP contribution is 2.30. The quantitative estimate of drug-likeness (QED) is 0.731. The van der Waals surface area contributed by atoms with E-state index in [-0.39, 0.29) is 17.7 Å². The van der Waals surface area contributed by atoms with E-state index in [0.717, 1.165) is 0 Å². The monoisotopic (exact) mass is 256 g/mol. The molecule has 18 heavy (non-hydrogen) atoms. The van der Waals surface area contributed by atoms with Crippen LogP contribution in [0.2, 0.25) is 0 Å². The van der Waals surface area contributed by atoms with E-state index in [2.05, 4.69) is 5.32 Å². The summed E-state index contributed by atoms with van der Waals surface area (Å²) in [6.07, 6.45) is 1.17. The van der Waals surface area contributed by atoms with Crippen LogP contribution < -0.4 is 5.32 Å². The van der Waals surface area contributed by atoms with Gasteiger partial charge in [0.25, 0.3) is 5.91 Å². The second-order valence-corrected chi connectivity index (χ2v) is 4.83. The van der Waals surface area contributed by atoms with Gasteiger partial charge in [-0.1, -0.05) is 0 Å². The van der Waals surface area contributed by atoms with Crippen LogP contribution in [0.1, 0.15) is 12.8 Å². The van der Waals surface area contributed by atoms with Crippen LogP contribution in [0.5, 0.6) is 0 Å². The normalized spacial score (nSPS) is 23.3. The highest BCUT2D eigenvalue weighted by Gasteiger charge is 2.47. The molecule has 2 amide bonds. The van der Waals surface area contributed by atoms with Crippen LogP contribution in [0, 0.1) is 5.92 Å². The summed E-state index contributed by atoms with van der Waals surface area (Å²) in [6, 6.07) is 0. The number of carbonyl (C=O) groups excluding carboxylic acids is 2. The van der Waals surface area contributed by atoms with Gasteiger partial charge in [0.05, 0.1) is 5.92 Å². The molecule has 2 saturated heterocycles. The number of nitrogens with one attached hydrogen (secondary N) is 1. The Balaban J connectivity index is 1.94. The van der Waals surface area contributed by atoms with Gasteiger partial charge in [0.15, 0.2) is 5.60 Å². The summed E-state index contributed by atoms with van der Waals surface area (Å²) in [4.78, 5) is 25.5. The predicted octanol–water partition coefficient (Wildman–Crippen LogP) is -0.614. The van der Waals surface area contributed by atoms with Crippen molar-refractivity contribution in [2.45, 2.75) is 18.4 Å². The Morgan fingerprint density at radius 3 is 2.44 bits per heavy atom. The molecule has 0 aromatic carbocycles. The molecule has 2 aliphatic heterocycles. The van der Waals surface area contributed by atoms with Gasteiger partial charge in [-0.15, -0.1) is 0 Å². The van der Waals surface area contributed by atoms with Gasteiger partial charge in [-0.3, -0.25) is 9.59 Å². The molecule has 0 aromatic rings. The fourth-order valence-corrected chi connectivity index (χ4v) is 2.51. The van der Waals surface area contributed by atoms with E-state index in [9.17, 15) is 9.59 Å². The van der Waals surface area contributed by atoms with Crippen molar-refractivity contribution < 1.29 is 19.1 Å². The van der Waals surface area contributed by atoms with Crippen molar-refractivity contribution in [3.63, 3.8) is 0 Å². The van der Waals surface area contributed by atoms with Crippen molar-refractivity contribution >= 4 is 11.8 Å². The number of methoxy groups -OCH3 is 1. The van der Waals surface area contributed by atoms with Crippen LogP contribution in [-0.2, 0) is 19.1 Å². The molecule has 102 valence electrons. The molecule has 0 radical (unpaired) electrons. The summed E-state index contributed by atoms with van der Waals surface area (Å²) < 4.78 is 10.7. The first-order valence-electron chi connectivity index (χ1n) is 6.27. The van der Waals surface area contributed by atoms with E-state index < -0.39 is 5.60 Å². The average molecular weight is 256 g/mol. The number of likely N-dealkylation sites (tertiary alicyclic amines) is 1. The zero-order chi connectivity index (χ0) is 13.2. The fourth-order valence-electron chi connectivity index (χ4n) is 2.51. The molecule has 2 heterocycles. The number of rotatable bonds is 3. The van der Waals surface area contributed by atoms with E-state index in [1.807, 2.05) is 0 Å². The van der Waals surface area contributed by atoms with Crippen molar-refractivity contribution in [1.82, 2.24) is 10.2 Å². The van der Waals surface area contributed by atoms with Crippen LogP contribution in [0.4, 0.5) is 0 Å². The molecular formula is C12H20N2O4. The van der Waals surface area contributed by atoms with Crippen LogP contribution in [0.3, 0.4) is 0 Å². The Bertz CT molecular complexity index is 333. The Labute approximate surface area is 107 Å². The molecule has 2 aliphatic rings. The van der Waals surface area contributed by atoms with Crippen LogP contribution in [0.15, 0.2) is 0 Å². The fraction of sp³-hybridized carbons (Fsp3) is 0.833. The molecule has 1 N–H and O–H groups in total. The van der Waals surface area contributed by atoms with Gasteiger partial charge in [-0.05, 0) is 0 Å². The first-order chi connectivity index (χ1) is 8.63. The van der Waals surface area contributed by atoms with Crippen LogP contribution >= 0.6 is 0 Å². The van der Waals surface area contributed by atoms with Gasteiger partial charge in [-0.2, -0.15) is 0 Å². The minimum absolute atomic E-state index is 0.00232. The summed E-state index contributed by atoms with van der Waals surface area (Å²) >= 11 is 0. The number of carbonyl (C=O) groups is 2. The van der Waals surface area contributed by atoms with Gasteiger partial charge >= 0.3 is 0 Å². The third kappa shape index (κ3) is 2.22. The van der Waals surface area contributed by atoms with Gasteiger partial charge in [0.2, 0.25) is 5.91 Å². The maximum absolute atomic E-state index is 12.4. The molecule has 6 nitrogen and oxygen atoms in total. The van der Waals surface area contributed by atoms with E-state index in [4.69, 9.17) is 9.47 Å². The lowest BCUT2D eigenvalue weighted by molar-refractivity contribution is -0.173. The minimum atomic E-state index is -0.744. The predicted molar refractivity (Wildman–Crippen MR) is 63.9 cm³/mol. The zero-order valence-corrected chi connectivity index (χ0v) is 10.9. The molecular weight excluding hydrogens is 236 g/mol. The molecule has 0 spiro atoms. The van der Waals surface area contributed by atoms with Gasteiger partial charge in [0, 0.05) is 53.3 Å². The average Bonchev–Trinajstić information content (AvgIpc) is 2.37. The SMILES string of the molecule is CNC(=O)C1CN(C(=O)C2(OC)CCOCC2)C1. The maximum atomic E-state index is 12.4. The summed E-state index contributed by atoms with van der Waals surface area (Å²) in [6.45, 7) is 2.08. The summed E-state index contributed by atoms with van der Waals surface area (Å²) in [5, 5.41) is 2.60. The standard InChI is InChI=1S/C12H20N2O4/c1-13-10(15)9-7-14(8-9)11(16)12(17-2)3-5-18-6-4-12/h9H,3-8H2,1-2H3,(H,13,15). The zero-order valence-electron chi connectivity index (χ0n) is 10.9. The molecule has 2 rings (SSSR count). The van der Waals surface area contributed by atoms with Crippen molar-refractivity contribution in [2.24, 2.45) is 5.92 Å². The summed E-state index contributed by atoms with van der Waals surface area (Å²) in [5.41, 5.74) is -0.744. The summed E-state index contributed by atoms with van der Waals surface area (Å²) in [5.74, 6) is -0.0846. The molecule has 0 aromatic heterocycles. The molecule has 0 saturated carbocycles. The number of hydrogen-bond donors (Lipinski definition) is 1. The van der Waals surface area contributed by atoms with Gasteiger partial charge < -0.3 is 19.7 Å². The highest BCUT2D eigenvalue weighted by molar-refractivity contribution is 5.89. The third-order valence-electron chi connectivity index (χ3n) is 3.87. The Hall–Kier alpha value is -1.14. The molecule has 2 fully saturated rings. The largest absolute Gasteiger partial charge is 0.381 e. The minimum Gasteiger partial charge on any atom is -0.381 e. The van der Waals surface area contributed by atoms with Crippen LogP contribution in [0.25, 0.3) is 0 Å². The smallest absolute Gasteiger partial charge is 0.255 e. The number of nitrogens with zero attached hydrogens (tertiary/aromatic N) is 1. The van der Waals surface area contributed by atoms with E-state index in [1.165, 1.54) is 0 Å². The van der Waals surface area contributed by atoms with Gasteiger partial charge in [0.1, 0.15) is 0 Å². The number of amides is 2. The first-order valence-corrected chi connectivity index (χ1v) is 6.27. The van der Waals surface area contributed by atoms with Crippen molar-refractivity contribution in [1.29, 1.82) is 0 Å². The molecule has 0 bridgehead atoms. The van der Waals surface area contributed by atoms with E-state index in [0.29, 0.717) is 39.1 Å². The van der Waals surface area contributed by atoms with Crippen molar-refractivity contribution in [3.8, 4) is 0 Å². The topological polar surface area (TPSA) is 67.9 Å². The second kappa shape index (κ2) is 5.24. The van der Waals surface area contributed by atoms with Crippen LogP contribution in [-0.4, -0.2) is 62.8 Å². The summed E-state index contributed by atoms with van der Waals surface area (Å²) in [7, 11) is 3.18. The second-order valence-electron chi connectivity index (χ2n) is 4.83. The molecule has 6 heteroatoms. The molecule has 0 atom stereocenters. The lowest BCUT2D eigenvalue weighted by Crippen LogP contribution is -2.62. The third-order valence-corrected chi connectivity index (χ3v) is 3.87. The van der Waals surface area contributed by atoms with Crippen molar-refractivity contribution in [2.75, 3.05) is 40.5 Å². The lowest BCUT2D eigenvalue weighted by Gasteiger charge is -2.44. The highest BCUT2D eigenvalue weighted by atomic mass is 16.5. The molecule has 0 unspecified atom stereocenters. The number of ether oxygens (including phenoxy) is 2. The first kappa shape index (κ1) is 13.3. The molecule has 0 aliphatic carbocycles. The van der Waals surface area contributed by atoms with Gasteiger partial charge in [-0.25, -0.2) is 0 Å². The number of hydrogen-bond acceptors (Lipinski definition) is 4. The lowest BCUT2D eigenvalue weighted by atomic mass is 9.89. The Kier molecular flexibility index (Phi) is 3.87. The van der Waals surface area contributed by atoms with E-state index >= 15 is 0 Å². The Morgan fingerprint density at radius 1 is 1.33 bits per heavy atom. The van der Waals surface area contributed by atoms with E-state index in [1.54, 1.807) is 19.1 Å².